The topological polar surface area (TPSA) is 49.4 Å². The summed E-state index contributed by atoms with van der Waals surface area (Å²) in [5.41, 5.74) is 2.58. The number of benzene rings is 2. The minimum atomic E-state index is -0.875. The summed E-state index contributed by atoms with van der Waals surface area (Å²) in [6.07, 6.45) is 2.43. The minimum Gasteiger partial charge on any atom is -0.339 e. The van der Waals surface area contributed by atoms with Crippen molar-refractivity contribution in [2.45, 2.75) is 39.5 Å². The van der Waals surface area contributed by atoms with Gasteiger partial charge in [-0.05, 0) is 55.0 Å². The van der Waals surface area contributed by atoms with Crippen LogP contribution >= 0.6 is 11.6 Å². The molecule has 0 radical (unpaired) electrons. The average Bonchev–Trinajstić information content (AvgIpc) is 2.74. The highest BCUT2D eigenvalue weighted by atomic mass is 35.5. The third-order valence-corrected chi connectivity index (χ3v) is 5.99. The molecule has 2 aromatic rings. The molecule has 0 aliphatic carbocycles. The van der Waals surface area contributed by atoms with Crippen LogP contribution in [0.2, 0.25) is 5.02 Å². The third-order valence-electron chi connectivity index (χ3n) is 5.64. The molecule has 1 aliphatic heterocycles. The second-order valence-electron chi connectivity index (χ2n) is 7.45. The van der Waals surface area contributed by atoms with Gasteiger partial charge in [-0.2, -0.15) is 0 Å². The number of piperidine rings is 1. The zero-order valence-electron chi connectivity index (χ0n) is 17.1. The molecule has 2 amide bonds. The molecule has 1 N–H and O–H groups in total. The normalized spacial score (nSPS) is 14.6. The van der Waals surface area contributed by atoms with Crippen molar-refractivity contribution in [1.82, 2.24) is 4.90 Å². The Hall–Kier alpha value is -2.47. The predicted octanol–water partition coefficient (Wildman–Crippen LogP) is 5.23. The van der Waals surface area contributed by atoms with Crippen LogP contribution in [0, 0.1) is 17.6 Å². The van der Waals surface area contributed by atoms with Crippen molar-refractivity contribution in [2.24, 2.45) is 5.92 Å². The summed E-state index contributed by atoms with van der Waals surface area (Å²) in [7, 11) is 0. The van der Waals surface area contributed by atoms with Crippen LogP contribution in [0.4, 0.5) is 14.5 Å². The van der Waals surface area contributed by atoms with Crippen LogP contribution in [0.1, 0.15) is 48.2 Å². The number of aryl methyl sites for hydroxylation is 1. The Morgan fingerprint density at radius 3 is 2.40 bits per heavy atom. The van der Waals surface area contributed by atoms with Crippen LogP contribution in [0.25, 0.3) is 0 Å². The lowest BCUT2D eigenvalue weighted by Crippen LogP contribution is -2.41. The fourth-order valence-corrected chi connectivity index (χ4v) is 4.16. The van der Waals surface area contributed by atoms with Crippen LogP contribution in [0.5, 0.6) is 0 Å². The fourth-order valence-electron chi connectivity index (χ4n) is 3.87. The van der Waals surface area contributed by atoms with E-state index >= 15 is 0 Å². The Bertz CT molecular complexity index is 956. The Morgan fingerprint density at radius 2 is 1.80 bits per heavy atom. The molecule has 0 spiro atoms. The van der Waals surface area contributed by atoms with Crippen molar-refractivity contribution < 1.29 is 18.4 Å². The van der Waals surface area contributed by atoms with Crippen LogP contribution in [0.15, 0.2) is 30.3 Å². The first-order chi connectivity index (χ1) is 14.3. The van der Waals surface area contributed by atoms with E-state index in [1.54, 1.807) is 0 Å². The number of carbonyl (C=O) groups is 2. The molecule has 2 aromatic carbocycles. The van der Waals surface area contributed by atoms with E-state index in [9.17, 15) is 18.4 Å². The average molecular weight is 435 g/mol. The van der Waals surface area contributed by atoms with Gasteiger partial charge in [0.05, 0.1) is 5.56 Å². The molecule has 30 heavy (non-hydrogen) atoms. The lowest BCUT2D eigenvalue weighted by molar-refractivity contribution is -0.121. The monoisotopic (exact) mass is 434 g/mol. The number of anilines is 1. The van der Waals surface area contributed by atoms with Crippen molar-refractivity contribution >= 4 is 29.1 Å². The number of amides is 2. The van der Waals surface area contributed by atoms with Gasteiger partial charge in [-0.25, -0.2) is 8.78 Å². The van der Waals surface area contributed by atoms with Crippen molar-refractivity contribution in [3.05, 3.63) is 63.7 Å². The van der Waals surface area contributed by atoms with Gasteiger partial charge in [-0.3, -0.25) is 9.59 Å². The number of hydrogen-bond donors (Lipinski definition) is 1. The molecule has 0 bridgehead atoms. The summed E-state index contributed by atoms with van der Waals surface area (Å²) in [5, 5.41) is 3.69. The van der Waals surface area contributed by atoms with E-state index in [4.69, 9.17) is 11.6 Å². The minimum absolute atomic E-state index is 0.0956. The number of halogens is 3. The van der Waals surface area contributed by atoms with E-state index in [0.717, 1.165) is 35.4 Å². The maximum Gasteiger partial charge on any atom is 0.256 e. The summed E-state index contributed by atoms with van der Waals surface area (Å²) in [5.74, 6) is -2.43. The van der Waals surface area contributed by atoms with E-state index in [0.29, 0.717) is 43.4 Å². The number of rotatable bonds is 5. The zero-order chi connectivity index (χ0) is 21.8. The third kappa shape index (κ3) is 4.64. The largest absolute Gasteiger partial charge is 0.339 e. The van der Waals surface area contributed by atoms with Crippen LogP contribution in [-0.2, 0) is 17.6 Å². The molecular weight excluding hydrogens is 410 g/mol. The van der Waals surface area contributed by atoms with Gasteiger partial charge < -0.3 is 10.2 Å². The van der Waals surface area contributed by atoms with Crippen LogP contribution < -0.4 is 5.32 Å². The SMILES string of the molecule is CCc1ccc(Cl)c(CC)c1NC(=O)C1CCN(C(=O)c2ccc(F)cc2F)CC1. The van der Waals surface area contributed by atoms with E-state index in [1.807, 2.05) is 26.0 Å². The smallest absolute Gasteiger partial charge is 0.256 e. The van der Waals surface area contributed by atoms with Gasteiger partial charge >= 0.3 is 0 Å². The van der Waals surface area contributed by atoms with E-state index in [2.05, 4.69) is 5.32 Å². The number of nitrogens with one attached hydrogen (secondary N) is 1. The first kappa shape index (κ1) is 22.2. The van der Waals surface area contributed by atoms with Gasteiger partial charge in [-0.1, -0.05) is 31.5 Å². The first-order valence-corrected chi connectivity index (χ1v) is 10.6. The van der Waals surface area contributed by atoms with Crippen molar-refractivity contribution in [3.8, 4) is 0 Å². The molecule has 1 saturated heterocycles. The summed E-state index contributed by atoms with van der Waals surface area (Å²) < 4.78 is 27.0. The number of hydrogen-bond acceptors (Lipinski definition) is 2. The van der Waals surface area contributed by atoms with Gasteiger partial charge in [0.15, 0.2) is 0 Å². The molecule has 0 atom stereocenters. The highest BCUT2D eigenvalue weighted by Crippen LogP contribution is 2.31. The molecule has 0 unspecified atom stereocenters. The Balaban J connectivity index is 1.66. The molecule has 1 fully saturated rings. The molecule has 0 aromatic heterocycles. The first-order valence-electron chi connectivity index (χ1n) is 10.2. The van der Waals surface area contributed by atoms with Crippen LogP contribution in [-0.4, -0.2) is 29.8 Å². The lowest BCUT2D eigenvalue weighted by Gasteiger charge is -2.32. The van der Waals surface area contributed by atoms with Gasteiger partial charge in [-0.15, -0.1) is 0 Å². The molecule has 160 valence electrons. The maximum atomic E-state index is 13.9. The highest BCUT2D eigenvalue weighted by molar-refractivity contribution is 6.32. The molecule has 7 heteroatoms. The van der Waals surface area contributed by atoms with Crippen molar-refractivity contribution in [2.75, 3.05) is 18.4 Å². The second kappa shape index (κ2) is 9.56. The molecule has 0 saturated carbocycles. The molecule has 3 rings (SSSR count). The quantitative estimate of drug-likeness (QED) is 0.700. The summed E-state index contributed by atoms with van der Waals surface area (Å²) >= 11 is 6.31. The van der Waals surface area contributed by atoms with Gasteiger partial charge in [0.1, 0.15) is 11.6 Å². The van der Waals surface area contributed by atoms with Crippen molar-refractivity contribution in [3.63, 3.8) is 0 Å². The number of carbonyl (C=O) groups excluding carboxylic acids is 2. The summed E-state index contributed by atoms with van der Waals surface area (Å²) in [6.45, 7) is 4.70. The highest BCUT2D eigenvalue weighted by Gasteiger charge is 2.29. The molecule has 4 nitrogen and oxygen atoms in total. The fraction of sp³-hybridized carbons (Fsp3) is 0.391. The molecule has 1 heterocycles. The Labute approximate surface area is 180 Å². The van der Waals surface area contributed by atoms with Gasteiger partial charge in [0.2, 0.25) is 5.91 Å². The second-order valence-corrected chi connectivity index (χ2v) is 7.85. The lowest BCUT2D eigenvalue weighted by atomic mass is 9.94. The molecular formula is C23H25ClF2N2O2. The van der Waals surface area contributed by atoms with E-state index in [-0.39, 0.29) is 17.4 Å². The van der Waals surface area contributed by atoms with E-state index < -0.39 is 17.5 Å². The van der Waals surface area contributed by atoms with Crippen LogP contribution in [0.3, 0.4) is 0 Å². The predicted molar refractivity (Wildman–Crippen MR) is 114 cm³/mol. The maximum absolute atomic E-state index is 13.9. The number of nitrogens with zero attached hydrogens (tertiary/aromatic N) is 1. The Morgan fingerprint density at radius 1 is 1.10 bits per heavy atom. The zero-order valence-corrected chi connectivity index (χ0v) is 17.9. The van der Waals surface area contributed by atoms with E-state index in [1.165, 1.54) is 4.90 Å². The summed E-state index contributed by atoms with van der Waals surface area (Å²) in [6, 6.07) is 6.71. The Kier molecular flexibility index (Phi) is 7.08. The molecule has 1 aliphatic rings. The van der Waals surface area contributed by atoms with Gasteiger partial charge in [0, 0.05) is 35.8 Å². The standard InChI is InChI=1S/C23H25ClF2N2O2/c1-3-14-5-8-19(24)17(4-2)21(14)27-22(29)15-9-11-28(12-10-15)23(30)18-7-6-16(25)13-20(18)26/h5-8,13,15H,3-4,9-12H2,1-2H3,(H,27,29). The van der Waals surface area contributed by atoms with Gasteiger partial charge in [0.25, 0.3) is 5.91 Å². The van der Waals surface area contributed by atoms with Crippen molar-refractivity contribution in [1.29, 1.82) is 0 Å². The summed E-state index contributed by atoms with van der Waals surface area (Å²) in [4.78, 5) is 27.0. The number of likely N-dealkylation sites (tertiary alicyclic amines) is 1.